The van der Waals surface area contributed by atoms with Crippen LogP contribution in [0.25, 0.3) is 0 Å². The number of carbonyl (C=O) groups is 1. The van der Waals surface area contributed by atoms with Crippen molar-refractivity contribution in [1.82, 2.24) is 4.90 Å². The minimum Gasteiger partial charge on any atom is -0.444 e. The topological polar surface area (TPSA) is 59.0 Å². The summed E-state index contributed by atoms with van der Waals surface area (Å²) in [6, 6.07) is -0.0337. The number of carbonyl (C=O) groups excluding carboxylic acids is 1. The SMILES string of the molecule is CC(C)(C)OC(=O)N1CCO[C@@H]2C[C@H](O)C[C@@H]21. The summed E-state index contributed by atoms with van der Waals surface area (Å²) in [5, 5.41) is 9.63. The highest BCUT2D eigenvalue weighted by atomic mass is 16.6. The number of rotatable bonds is 0. The average Bonchev–Trinajstić information content (AvgIpc) is 2.54. The van der Waals surface area contributed by atoms with Crippen molar-refractivity contribution in [2.45, 2.75) is 57.5 Å². The third-order valence-electron chi connectivity index (χ3n) is 3.14. The van der Waals surface area contributed by atoms with Crippen LogP contribution in [0.15, 0.2) is 0 Å². The fourth-order valence-electron chi connectivity index (χ4n) is 2.47. The molecule has 1 saturated carbocycles. The number of hydrogen-bond acceptors (Lipinski definition) is 4. The molecule has 1 amide bonds. The molecule has 0 bridgehead atoms. The Bertz CT molecular complexity index is 299. The number of ether oxygens (including phenoxy) is 2. The second-order valence-electron chi connectivity index (χ2n) is 5.78. The van der Waals surface area contributed by atoms with Gasteiger partial charge in [0.2, 0.25) is 0 Å². The van der Waals surface area contributed by atoms with E-state index in [1.165, 1.54) is 0 Å². The monoisotopic (exact) mass is 243 g/mol. The number of aliphatic hydroxyl groups is 1. The number of morpholine rings is 1. The zero-order chi connectivity index (χ0) is 12.6. The maximum Gasteiger partial charge on any atom is 0.410 e. The van der Waals surface area contributed by atoms with Gasteiger partial charge in [0.15, 0.2) is 0 Å². The summed E-state index contributed by atoms with van der Waals surface area (Å²) in [6.45, 7) is 6.63. The summed E-state index contributed by atoms with van der Waals surface area (Å²) in [5.74, 6) is 0. The first-order chi connectivity index (χ1) is 7.87. The molecule has 5 heteroatoms. The summed E-state index contributed by atoms with van der Waals surface area (Å²) in [4.78, 5) is 13.7. The Hall–Kier alpha value is -0.810. The van der Waals surface area contributed by atoms with E-state index in [0.717, 1.165) is 0 Å². The highest BCUT2D eigenvalue weighted by molar-refractivity contribution is 5.69. The number of amides is 1. The lowest BCUT2D eigenvalue weighted by Crippen LogP contribution is -2.52. The maximum absolute atomic E-state index is 12.0. The molecule has 98 valence electrons. The van der Waals surface area contributed by atoms with E-state index in [4.69, 9.17) is 9.47 Å². The highest BCUT2D eigenvalue weighted by Gasteiger charge is 2.43. The summed E-state index contributed by atoms with van der Waals surface area (Å²) in [6.07, 6.45) is 0.498. The Morgan fingerprint density at radius 1 is 1.41 bits per heavy atom. The molecule has 0 unspecified atom stereocenters. The average molecular weight is 243 g/mol. The number of hydrogen-bond donors (Lipinski definition) is 1. The van der Waals surface area contributed by atoms with Gasteiger partial charge in [0.05, 0.1) is 24.9 Å². The Morgan fingerprint density at radius 3 is 2.76 bits per heavy atom. The van der Waals surface area contributed by atoms with E-state index >= 15 is 0 Å². The predicted octanol–water partition coefficient (Wildman–Crippen LogP) is 1.15. The lowest BCUT2D eigenvalue weighted by atomic mass is 10.1. The van der Waals surface area contributed by atoms with E-state index in [9.17, 15) is 9.90 Å². The molecule has 2 fully saturated rings. The van der Waals surface area contributed by atoms with Gasteiger partial charge in [-0.25, -0.2) is 4.79 Å². The van der Waals surface area contributed by atoms with Crippen LogP contribution in [0, 0.1) is 0 Å². The van der Waals surface area contributed by atoms with E-state index in [1.54, 1.807) is 4.90 Å². The molecular formula is C12H21NO4. The lowest BCUT2D eigenvalue weighted by molar-refractivity contribution is -0.0637. The van der Waals surface area contributed by atoms with Crippen molar-refractivity contribution < 1.29 is 19.4 Å². The number of aliphatic hydroxyl groups excluding tert-OH is 1. The molecule has 1 aliphatic carbocycles. The molecule has 2 rings (SSSR count). The second-order valence-corrected chi connectivity index (χ2v) is 5.78. The molecule has 3 atom stereocenters. The molecule has 1 heterocycles. The molecule has 1 aliphatic heterocycles. The largest absolute Gasteiger partial charge is 0.444 e. The molecule has 0 aromatic heterocycles. The van der Waals surface area contributed by atoms with E-state index in [-0.39, 0.29) is 24.3 Å². The second kappa shape index (κ2) is 4.46. The minimum absolute atomic E-state index is 0.0337. The van der Waals surface area contributed by atoms with Gasteiger partial charge in [-0.1, -0.05) is 0 Å². The van der Waals surface area contributed by atoms with E-state index in [2.05, 4.69) is 0 Å². The van der Waals surface area contributed by atoms with Gasteiger partial charge in [-0.2, -0.15) is 0 Å². The molecule has 5 nitrogen and oxygen atoms in total. The van der Waals surface area contributed by atoms with E-state index in [1.807, 2.05) is 20.8 Å². The predicted molar refractivity (Wildman–Crippen MR) is 61.7 cm³/mol. The fraction of sp³-hybridized carbons (Fsp3) is 0.917. The van der Waals surface area contributed by atoms with Crippen LogP contribution in [0.3, 0.4) is 0 Å². The van der Waals surface area contributed by atoms with Crippen LogP contribution in [0.5, 0.6) is 0 Å². The molecule has 0 spiro atoms. The van der Waals surface area contributed by atoms with Crippen LogP contribution >= 0.6 is 0 Å². The van der Waals surface area contributed by atoms with Crippen molar-refractivity contribution in [3.8, 4) is 0 Å². The van der Waals surface area contributed by atoms with E-state index < -0.39 is 5.60 Å². The molecule has 0 aromatic carbocycles. The number of fused-ring (bicyclic) bond motifs is 1. The molecule has 2 aliphatic rings. The normalized spacial score (nSPS) is 33.4. The first-order valence-electron chi connectivity index (χ1n) is 6.16. The van der Waals surface area contributed by atoms with Crippen LogP contribution in [-0.4, -0.2) is 53.1 Å². The van der Waals surface area contributed by atoms with Crippen LogP contribution in [-0.2, 0) is 9.47 Å². The van der Waals surface area contributed by atoms with Crippen LogP contribution in [0.1, 0.15) is 33.6 Å². The van der Waals surface area contributed by atoms with Crippen LogP contribution in [0.2, 0.25) is 0 Å². The van der Waals surface area contributed by atoms with Crippen LogP contribution < -0.4 is 0 Å². The minimum atomic E-state index is -0.484. The van der Waals surface area contributed by atoms with Gasteiger partial charge in [-0.3, -0.25) is 0 Å². The van der Waals surface area contributed by atoms with Crippen molar-refractivity contribution in [2.24, 2.45) is 0 Å². The molecule has 1 saturated heterocycles. The lowest BCUT2D eigenvalue weighted by Gasteiger charge is -2.38. The Labute approximate surface area is 102 Å². The first kappa shape index (κ1) is 12.6. The van der Waals surface area contributed by atoms with Gasteiger partial charge < -0.3 is 19.5 Å². The highest BCUT2D eigenvalue weighted by Crippen LogP contribution is 2.30. The van der Waals surface area contributed by atoms with Gasteiger partial charge in [-0.05, 0) is 27.2 Å². The standard InChI is InChI=1S/C12H21NO4/c1-12(2,3)17-11(15)13-4-5-16-10-7-8(14)6-9(10)13/h8-10,14H,4-7H2,1-3H3/t8-,9+,10-/m1/s1. The van der Waals surface area contributed by atoms with Crippen LogP contribution in [0.4, 0.5) is 4.79 Å². The molecule has 1 N–H and O–H groups in total. The zero-order valence-electron chi connectivity index (χ0n) is 10.7. The van der Waals surface area contributed by atoms with Gasteiger partial charge >= 0.3 is 6.09 Å². The number of nitrogens with zero attached hydrogens (tertiary/aromatic N) is 1. The van der Waals surface area contributed by atoms with Gasteiger partial charge in [0, 0.05) is 13.0 Å². The van der Waals surface area contributed by atoms with E-state index in [0.29, 0.717) is 26.0 Å². The summed E-state index contributed by atoms with van der Waals surface area (Å²) < 4.78 is 10.9. The third kappa shape index (κ3) is 2.90. The third-order valence-corrected chi connectivity index (χ3v) is 3.14. The molecule has 0 radical (unpaired) electrons. The maximum atomic E-state index is 12.0. The van der Waals surface area contributed by atoms with Crippen molar-refractivity contribution in [2.75, 3.05) is 13.2 Å². The molecule has 0 aromatic rings. The quantitative estimate of drug-likeness (QED) is 0.693. The Morgan fingerprint density at radius 2 is 2.12 bits per heavy atom. The smallest absolute Gasteiger partial charge is 0.410 e. The van der Waals surface area contributed by atoms with Crippen molar-refractivity contribution in [1.29, 1.82) is 0 Å². The van der Waals surface area contributed by atoms with Crippen molar-refractivity contribution >= 4 is 6.09 Å². The Kier molecular flexibility index (Phi) is 3.32. The first-order valence-corrected chi connectivity index (χ1v) is 6.16. The summed E-state index contributed by atoms with van der Waals surface area (Å²) >= 11 is 0. The van der Waals surface area contributed by atoms with Gasteiger partial charge in [0.1, 0.15) is 5.60 Å². The molecular weight excluding hydrogens is 222 g/mol. The summed E-state index contributed by atoms with van der Waals surface area (Å²) in [7, 11) is 0. The van der Waals surface area contributed by atoms with Crippen molar-refractivity contribution in [3.63, 3.8) is 0 Å². The van der Waals surface area contributed by atoms with Gasteiger partial charge in [0.25, 0.3) is 0 Å². The fourth-order valence-corrected chi connectivity index (χ4v) is 2.47. The van der Waals surface area contributed by atoms with Gasteiger partial charge in [-0.15, -0.1) is 0 Å². The molecule has 17 heavy (non-hydrogen) atoms. The summed E-state index contributed by atoms with van der Waals surface area (Å²) in [5.41, 5.74) is -0.484. The zero-order valence-corrected chi connectivity index (χ0v) is 10.7. The van der Waals surface area contributed by atoms with Crippen molar-refractivity contribution in [3.05, 3.63) is 0 Å². The Balaban J connectivity index is 2.02.